The normalized spacial score (nSPS) is 14.5. The van der Waals surface area contributed by atoms with E-state index in [-0.39, 0.29) is 5.41 Å². The van der Waals surface area contributed by atoms with Gasteiger partial charge in [-0.05, 0) is 42.4 Å². The summed E-state index contributed by atoms with van der Waals surface area (Å²) in [5, 5.41) is 0.898. The summed E-state index contributed by atoms with van der Waals surface area (Å²) < 4.78 is 26.1. The average molecular weight is 319 g/mol. The van der Waals surface area contributed by atoms with E-state index in [4.69, 9.17) is 0 Å². The molecule has 0 aromatic heterocycles. The van der Waals surface area contributed by atoms with Crippen molar-refractivity contribution in [3.8, 4) is 0 Å². The third-order valence-corrected chi connectivity index (χ3v) is 4.85. The van der Waals surface area contributed by atoms with Gasteiger partial charge in [0.1, 0.15) is 0 Å². The molecule has 1 aromatic rings. The van der Waals surface area contributed by atoms with E-state index in [2.05, 4.69) is 29.8 Å². The molecule has 1 atom stereocenters. The molecule has 18 heavy (non-hydrogen) atoms. The van der Waals surface area contributed by atoms with Crippen LogP contribution >= 0.6 is 15.9 Å². The summed E-state index contributed by atoms with van der Waals surface area (Å²) >= 11 is 3.59. The maximum Gasteiger partial charge on any atom is 0.159 e. The number of rotatable bonds is 7. The lowest BCUT2D eigenvalue weighted by molar-refractivity contribution is 0.283. The second-order valence-corrected chi connectivity index (χ2v) is 5.58. The highest BCUT2D eigenvalue weighted by Gasteiger charge is 2.26. The quantitative estimate of drug-likeness (QED) is 0.583. The second kappa shape index (κ2) is 7.22. The molecule has 0 aliphatic heterocycles. The first kappa shape index (κ1) is 15.6. The van der Waals surface area contributed by atoms with Crippen molar-refractivity contribution >= 4 is 15.9 Å². The summed E-state index contributed by atoms with van der Waals surface area (Å²) in [6, 6.07) is 4.24. The van der Waals surface area contributed by atoms with Crippen LogP contribution in [0, 0.1) is 17.0 Å². The zero-order valence-electron chi connectivity index (χ0n) is 11.1. The average Bonchev–Trinajstić information content (AvgIpc) is 2.39. The van der Waals surface area contributed by atoms with Crippen molar-refractivity contribution < 1.29 is 8.78 Å². The number of unbranched alkanes of at least 4 members (excludes halogenated alkanes) is 1. The molecule has 3 heteroatoms. The van der Waals surface area contributed by atoms with Gasteiger partial charge in [0, 0.05) is 5.33 Å². The van der Waals surface area contributed by atoms with Gasteiger partial charge in [0.05, 0.1) is 0 Å². The van der Waals surface area contributed by atoms with Gasteiger partial charge in [0.25, 0.3) is 0 Å². The number of alkyl halides is 1. The van der Waals surface area contributed by atoms with Gasteiger partial charge in [-0.2, -0.15) is 0 Å². The molecule has 1 rings (SSSR count). The minimum Gasteiger partial charge on any atom is -0.204 e. The Hall–Kier alpha value is -0.440. The van der Waals surface area contributed by atoms with Gasteiger partial charge in [0.15, 0.2) is 11.6 Å². The smallest absolute Gasteiger partial charge is 0.159 e. The van der Waals surface area contributed by atoms with Crippen LogP contribution in [0.1, 0.15) is 45.1 Å². The predicted molar refractivity (Wildman–Crippen MR) is 76.1 cm³/mol. The third-order valence-electron chi connectivity index (χ3n) is 3.66. The molecule has 0 N–H and O–H groups in total. The zero-order valence-corrected chi connectivity index (χ0v) is 12.7. The van der Waals surface area contributed by atoms with Gasteiger partial charge in [-0.3, -0.25) is 0 Å². The fourth-order valence-corrected chi connectivity index (χ4v) is 3.11. The van der Waals surface area contributed by atoms with Crippen LogP contribution in [0.2, 0.25) is 0 Å². The van der Waals surface area contributed by atoms with Crippen molar-refractivity contribution in [2.45, 2.75) is 46.0 Å². The first-order chi connectivity index (χ1) is 8.56. The van der Waals surface area contributed by atoms with Crippen molar-refractivity contribution in [1.29, 1.82) is 0 Å². The minimum atomic E-state index is -0.770. The van der Waals surface area contributed by atoms with E-state index in [1.807, 2.05) is 0 Å². The van der Waals surface area contributed by atoms with Gasteiger partial charge in [-0.25, -0.2) is 8.78 Å². The lowest BCUT2D eigenvalue weighted by Crippen LogP contribution is -2.25. The zero-order chi connectivity index (χ0) is 13.6. The van der Waals surface area contributed by atoms with Crippen LogP contribution < -0.4 is 0 Å². The molecule has 0 amide bonds. The van der Waals surface area contributed by atoms with Crippen LogP contribution in [0.4, 0.5) is 8.78 Å². The molecular formula is C15H21BrF2. The fourth-order valence-electron chi connectivity index (χ4n) is 2.23. The van der Waals surface area contributed by atoms with Crippen molar-refractivity contribution in [3.05, 3.63) is 35.4 Å². The molecule has 0 bridgehead atoms. The van der Waals surface area contributed by atoms with Gasteiger partial charge in [0.2, 0.25) is 0 Å². The largest absolute Gasteiger partial charge is 0.204 e. The van der Waals surface area contributed by atoms with E-state index in [9.17, 15) is 8.78 Å². The van der Waals surface area contributed by atoms with Crippen LogP contribution in [-0.2, 0) is 6.42 Å². The first-order valence-corrected chi connectivity index (χ1v) is 7.69. The standard InChI is InChI=1S/C15H21BrF2/c1-3-5-8-15(4-2,11-16)10-12-6-7-13(17)14(18)9-12/h6-7,9H,3-5,8,10-11H2,1-2H3. The van der Waals surface area contributed by atoms with Crippen LogP contribution in [0.3, 0.4) is 0 Å². The molecule has 0 nitrogen and oxygen atoms in total. The van der Waals surface area contributed by atoms with Crippen LogP contribution in [0.25, 0.3) is 0 Å². The fraction of sp³-hybridized carbons (Fsp3) is 0.600. The summed E-state index contributed by atoms with van der Waals surface area (Å²) in [6.07, 6.45) is 5.28. The third kappa shape index (κ3) is 4.04. The monoisotopic (exact) mass is 318 g/mol. The van der Waals surface area contributed by atoms with E-state index >= 15 is 0 Å². The molecule has 102 valence electrons. The molecule has 0 saturated heterocycles. The predicted octanol–water partition coefficient (Wildman–Crippen LogP) is 5.49. The molecule has 0 heterocycles. The summed E-state index contributed by atoms with van der Waals surface area (Å²) in [5.41, 5.74) is 1.03. The Morgan fingerprint density at radius 2 is 1.89 bits per heavy atom. The van der Waals surface area contributed by atoms with Gasteiger partial charge < -0.3 is 0 Å². The Balaban J connectivity index is 2.84. The van der Waals surface area contributed by atoms with E-state index in [1.54, 1.807) is 6.07 Å². The lowest BCUT2D eigenvalue weighted by atomic mass is 9.77. The Bertz CT molecular complexity index is 373. The molecule has 0 saturated carbocycles. The maximum atomic E-state index is 13.2. The summed E-state index contributed by atoms with van der Waals surface area (Å²) in [7, 11) is 0. The van der Waals surface area contributed by atoms with Crippen molar-refractivity contribution in [3.63, 3.8) is 0 Å². The molecule has 1 unspecified atom stereocenters. The molecule has 0 aliphatic carbocycles. The topological polar surface area (TPSA) is 0 Å². The second-order valence-electron chi connectivity index (χ2n) is 5.02. The van der Waals surface area contributed by atoms with Crippen molar-refractivity contribution in [2.24, 2.45) is 5.41 Å². The SMILES string of the molecule is CCCCC(CC)(CBr)Cc1ccc(F)c(F)c1. The highest BCUT2D eigenvalue weighted by Crippen LogP contribution is 2.35. The van der Waals surface area contributed by atoms with Gasteiger partial charge in [-0.15, -0.1) is 0 Å². The van der Waals surface area contributed by atoms with E-state index in [0.717, 1.165) is 36.6 Å². The first-order valence-electron chi connectivity index (χ1n) is 6.57. The van der Waals surface area contributed by atoms with Crippen LogP contribution in [-0.4, -0.2) is 5.33 Å². The molecule has 0 aliphatic rings. The molecular weight excluding hydrogens is 298 g/mol. The van der Waals surface area contributed by atoms with E-state index < -0.39 is 11.6 Å². The van der Waals surface area contributed by atoms with Crippen molar-refractivity contribution in [1.82, 2.24) is 0 Å². The van der Waals surface area contributed by atoms with E-state index in [0.29, 0.717) is 0 Å². The maximum absolute atomic E-state index is 13.2. The highest BCUT2D eigenvalue weighted by molar-refractivity contribution is 9.09. The molecule has 0 spiro atoms. The minimum absolute atomic E-state index is 0.153. The Labute approximate surface area is 117 Å². The van der Waals surface area contributed by atoms with Gasteiger partial charge >= 0.3 is 0 Å². The molecule has 1 aromatic carbocycles. The molecule has 0 fully saturated rings. The molecule has 0 radical (unpaired) electrons. The Morgan fingerprint density at radius 3 is 2.39 bits per heavy atom. The van der Waals surface area contributed by atoms with Crippen LogP contribution in [0.5, 0.6) is 0 Å². The summed E-state index contributed by atoms with van der Waals surface area (Å²) in [4.78, 5) is 0. The number of hydrogen-bond acceptors (Lipinski definition) is 0. The van der Waals surface area contributed by atoms with Crippen molar-refractivity contribution in [2.75, 3.05) is 5.33 Å². The van der Waals surface area contributed by atoms with Gasteiger partial charge in [-0.1, -0.05) is 48.7 Å². The van der Waals surface area contributed by atoms with Crippen LogP contribution in [0.15, 0.2) is 18.2 Å². The van der Waals surface area contributed by atoms with E-state index in [1.165, 1.54) is 18.6 Å². The lowest BCUT2D eigenvalue weighted by Gasteiger charge is -2.31. The highest BCUT2D eigenvalue weighted by atomic mass is 79.9. The Kier molecular flexibility index (Phi) is 6.27. The number of hydrogen-bond donors (Lipinski definition) is 0. The Morgan fingerprint density at radius 1 is 1.17 bits per heavy atom. The number of benzene rings is 1. The summed E-state index contributed by atoms with van der Waals surface area (Å²) in [6.45, 7) is 4.34. The summed E-state index contributed by atoms with van der Waals surface area (Å²) in [5.74, 6) is -1.52. The number of halogens is 3.